The molecule has 2 fully saturated rings. The number of amides is 1. The van der Waals surface area contributed by atoms with E-state index in [0.29, 0.717) is 18.8 Å². The predicted molar refractivity (Wildman–Crippen MR) is 78.5 cm³/mol. The Kier molecular flexibility index (Phi) is 5.07. The molecular weight excluding hydrogens is 286 g/mol. The van der Waals surface area contributed by atoms with Gasteiger partial charge in [0.05, 0.1) is 25.9 Å². The molecule has 0 aromatic carbocycles. The number of carbonyl (C=O) groups is 1. The lowest BCUT2D eigenvalue weighted by Crippen LogP contribution is -2.35. The second-order valence-electron chi connectivity index (χ2n) is 5.89. The smallest absolute Gasteiger partial charge is 0.275 e. The summed E-state index contributed by atoms with van der Waals surface area (Å²) in [5, 5.41) is 3.91. The third-order valence-electron chi connectivity index (χ3n) is 4.11. The topological polar surface area (TPSA) is 68.0 Å². The van der Waals surface area contributed by atoms with Crippen molar-refractivity contribution in [2.75, 3.05) is 46.5 Å². The first kappa shape index (κ1) is 15.5. The van der Waals surface area contributed by atoms with E-state index in [1.165, 1.54) is 0 Å². The molecule has 0 saturated carbocycles. The highest BCUT2D eigenvalue weighted by Crippen LogP contribution is 2.15. The molecular formula is C15H23N3O4. The molecule has 1 unspecified atom stereocenters. The van der Waals surface area contributed by atoms with Gasteiger partial charge in [-0.2, -0.15) is 0 Å². The molecule has 7 heteroatoms. The van der Waals surface area contributed by atoms with Crippen molar-refractivity contribution in [3.8, 4) is 0 Å². The second-order valence-corrected chi connectivity index (χ2v) is 5.89. The molecule has 0 aliphatic carbocycles. The monoisotopic (exact) mass is 309 g/mol. The summed E-state index contributed by atoms with van der Waals surface area (Å²) in [6.07, 6.45) is 2.23. The molecule has 0 radical (unpaired) electrons. The standard InChI is InChI=1S/C15H23N3O4/c1-17(10-12-3-2-6-21-12)15(19)14-9-13(22-16-14)11-18-4-7-20-8-5-18/h9,12H,2-8,10-11H2,1H3. The van der Waals surface area contributed by atoms with Crippen molar-refractivity contribution in [2.24, 2.45) is 0 Å². The summed E-state index contributed by atoms with van der Waals surface area (Å²) < 4.78 is 16.2. The Morgan fingerprint density at radius 2 is 2.23 bits per heavy atom. The van der Waals surface area contributed by atoms with Crippen molar-refractivity contribution in [2.45, 2.75) is 25.5 Å². The van der Waals surface area contributed by atoms with Gasteiger partial charge in [0.1, 0.15) is 0 Å². The van der Waals surface area contributed by atoms with Crippen LogP contribution >= 0.6 is 0 Å². The van der Waals surface area contributed by atoms with E-state index in [4.69, 9.17) is 14.0 Å². The number of aromatic nitrogens is 1. The summed E-state index contributed by atoms with van der Waals surface area (Å²) in [5.74, 6) is 0.600. The molecule has 1 atom stereocenters. The van der Waals surface area contributed by atoms with Gasteiger partial charge in [-0.25, -0.2) is 0 Å². The largest absolute Gasteiger partial charge is 0.379 e. The molecule has 1 aromatic heterocycles. The van der Waals surface area contributed by atoms with Gasteiger partial charge >= 0.3 is 0 Å². The van der Waals surface area contributed by atoms with Gasteiger partial charge in [-0.3, -0.25) is 9.69 Å². The third-order valence-corrected chi connectivity index (χ3v) is 4.11. The minimum atomic E-state index is -0.118. The number of morpholine rings is 1. The maximum atomic E-state index is 12.4. The van der Waals surface area contributed by atoms with E-state index in [0.717, 1.165) is 51.5 Å². The van der Waals surface area contributed by atoms with Gasteiger partial charge in [0.25, 0.3) is 5.91 Å². The van der Waals surface area contributed by atoms with Crippen molar-refractivity contribution < 1.29 is 18.8 Å². The summed E-state index contributed by atoms with van der Waals surface area (Å²) in [7, 11) is 1.78. The predicted octanol–water partition coefficient (Wildman–Crippen LogP) is 0.758. The van der Waals surface area contributed by atoms with Crippen LogP contribution in [0.1, 0.15) is 29.1 Å². The Bertz CT molecular complexity index is 493. The van der Waals surface area contributed by atoms with E-state index in [-0.39, 0.29) is 12.0 Å². The zero-order chi connectivity index (χ0) is 15.4. The van der Waals surface area contributed by atoms with Crippen LogP contribution in [-0.4, -0.2) is 73.5 Å². The lowest BCUT2D eigenvalue weighted by molar-refractivity contribution is 0.0305. The van der Waals surface area contributed by atoms with Crippen LogP contribution in [-0.2, 0) is 16.0 Å². The van der Waals surface area contributed by atoms with Crippen molar-refractivity contribution in [3.63, 3.8) is 0 Å². The Morgan fingerprint density at radius 3 is 2.95 bits per heavy atom. The highest BCUT2D eigenvalue weighted by atomic mass is 16.5. The molecule has 2 saturated heterocycles. The number of ether oxygens (including phenoxy) is 2. The average molecular weight is 309 g/mol. The summed E-state index contributed by atoms with van der Waals surface area (Å²) in [6.45, 7) is 5.30. The van der Waals surface area contributed by atoms with Crippen LogP contribution in [0.3, 0.4) is 0 Å². The Labute approximate surface area is 130 Å². The molecule has 3 heterocycles. The molecule has 3 rings (SSSR count). The normalized spacial score (nSPS) is 22.9. The molecule has 0 N–H and O–H groups in total. The zero-order valence-electron chi connectivity index (χ0n) is 13.0. The van der Waals surface area contributed by atoms with Gasteiger partial charge < -0.3 is 18.9 Å². The van der Waals surface area contributed by atoms with Gasteiger partial charge in [-0.15, -0.1) is 0 Å². The molecule has 2 aliphatic rings. The Hall–Kier alpha value is -1.44. The van der Waals surface area contributed by atoms with E-state index in [1.54, 1.807) is 18.0 Å². The number of carbonyl (C=O) groups excluding carboxylic acids is 1. The van der Waals surface area contributed by atoms with Crippen LogP contribution in [0.15, 0.2) is 10.6 Å². The molecule has 7 nitrogen and oxygen atoms in total. The maximum Gasteiger partial charge on any atom is 0.275 e. The number of hydrogen-bond donors (Lipinski definition) is 0. The van der Waals surface area contributed by atoms with Crippen LogP contribution in [0.2, 0.25) is 0 Å². The van der Waals surface area contributed by atoms with Crippen LogP contribution in [0.4, 0.5) is 0 Å². The first-order chi connectivity index (χ1) is 10.7. The molecule has 1 aromatic rings. The van der Waals surface area contributed by atoms with Gasteiger partial charge in [0, 0.05) is 39.4 Å². The summed E-state index contributed by atoms with van der Waals surface area (Å²) in [4.78, 5) is 16.2. The van der Waals surface area contributed by atoms with E-state index in [2.05, 4.69) is 10.1 Å². The fraction of sp³-hybridized carbons (Fsp3) is 0.733. The van der Waals surface area contributed by atoms with E-state index in [1.807, 2.05) is 0 Å². The van der Waals surface area contributed by atoms with Crippen molar-refractivity contribution in [1.29, 1.82) is 0 Å². The highest BCUT2D eigenvalue weighted by Gasteiger charge is 2.23. The van der Waals surface area contributed by atoms with E-state index >= 15 is 0 Å². The third kappa shape index (κ3) is 3.85. The van der Waals surface area contributed by atoms with Gasteiger partial charge in [-0.1, -0.05) is 5.16 Å². The molecule has 22 heavy (non-hydrogen) atoms. The molecule has 122 valence electrons. The van der Waals surface area contributed by atoms with Crippen molar-refractivity contribution in [1.82, 2.24) is 15.0 Å². The van der Waals surface area contributed by atoms with Crippen LogP contribution < -0.4 is 0 Å². The average Bonchev–Trinajstić information content (AvgIpc) is 3.19. The van der Waals surface area contributed by atoms with Crippen LogP contribution in [0.5, 0.6) is 0 Å². The summed E-state index contributed by atoms with van der Waals surface area (Å²) in [5.41, 5.74) is 0.365. The molecule has 0 spiro atoms. The van der Waals surface area contributed by atoms with Crippen LogP contribution in [0, 0.1) is 0 Å². The fourth-order valence-electron chi connectivity index (χ4n) is 2.84. The number of hydrogen-bond acceptors (Lipinski definition) is 6. The van der Waals surface area contributed by atoms with Gasteiger partial charge in [0.15, 0.2) is 11.5 Å². The summed E-state index contributed by atoms with van der Waals surface area (Å²) in [6, 6.07) is 1.74. The number of likely N-dealkylation sites (N-methyl/N-ethyl adjacent to an activating group) is 1. The lowest BCUT2D eigenvalue weighted by atomic mass is 10.2. The lowest BCUT2D eigenvalue weighted by Gasteiger charge is -2.25. The SMILES string of the molecule is CN(CC1CCCO1)C(=O)c1cc(CN2CCOCC2)on1. The Balaban J connectivity index is 1.53. The van der Waals surface area contributed by atoms with Crippen molar-refractivity contribution in [3.05, 3.63) is 17.5 Å². The first-order valence-electron chi connectivity index (χ1n) is 7.85. The second kappa shape index (κ2) is 7.21. The van der Waals surface area contributed by atoms with Gasteiger partial charge in [-0.05, 0) is 12.8 Å². The minimum Gasteiger partial charge on any atom is -0.379 e. The highest BCUT2D eigenvalue weighted by molar-refractivity contribution is 5.92. The zero-order valence-corrected chi connectivity index (χ0v) is 13.0. The first-order valence-corrected chi connectivity index (χ1v) is 7.85. The van der Waals surface area contributed by atoms with Crippen LogP contribution in [0.25, 0.3) is 0 Å². The molecule has 0 bridgehead atoms. The fourth-order valence-corrected chi connectivity index (χ4v) is 2.84. The maximum absolute atomic E-state index is 12.4. The molecule has 1 amide bonds. The minimum absolute atomic E-state index is 0.118. The number of rotatable bonds is 5. The number of nitrogens with zero attached hydrogens (tertiary/aromatic N) is 3. The van der Waals surface area contributed by atoms with E-state index in [9.17, 15) is 4.79 Å². The summed E-state index contributed by atoms with van der Waals surface area (Å²) >= 11 is 0. The van der Waals surface area contributed by atoms with Gasteiger partial charge in [0.2, 0.25) is 0 Å². The van der Waals surface area contributed by atoms with E-state index < -0.39 is 0 Å². The van der Waals surface area contributed by atoms with Crippen molar-refractivity contribution >= 4 is 5.91 Å². The Morgan fingerprint density at radius 1 is 1.41 bits per heavy atom. The molecule has 2 aliphatic heterocycles. The quantitative estimate of drug-likeness (QED) is 0.800.